The van der Waals surface area contributed by atoms with Gasteiger partial charge in [-0.25, -0.2) is 14.8 Å². The molecule has 3 heterocycles. The zero-order chi connectivity index (χ0) is 16.9. The number of carbonyl (C=O) groups is 1. The third kappa shape index (κ3) is 2.37. The highest BCUT2D eigenvalue weighted by Crippen LogP contribution is 2.46. The van der Waals surface area contributed by atoms with Crippen molar-refractivity contribution in [3.8, 4) is 6.07 Å². The summed E-state index contributed by atoms with van der Waals surface area (Å²) in [6, 6.07) is 2.25. The van der Waals surface area contributed by atoms with E-state index in [-0.39, 0.29) is 28.5 Å². The fourth-order valence-electron chi connectivity index (χ4n) is 3.81. The molecule has 3 fully saturated rings. The fourth-order valence-corrected chi connectivity index (χ4v) is 3.99. The molecule has 1 unspecified atom stereocenters. The predicted molar refractivity (Wildman–Crippen MR) is 88.8 cm³/mol. The number of nitrogens with zero attached hydrogens (tertiary/aromatic N) is 6. The molecule has 0 N–H and O–H groups in total. The monoisotopic (exact) mass is 346 g/mol. The molecule has 1 spiro atoms. The van der Waals surface area contributed by atoms with Crippen LogP contribution in [-0.2, 0) is 0 Å². The second kappa shape index (κ2) is 5.49. The molecule has 8 heteroatoms. The number of amides is 2. The summed E-state index contributed by atoms with van der Waals surface area (Å²) in [5.41, 5.74) is 0.234. The molecule has 7 nitrogen and oxygen atoms in total. The Balaban J connectivity index is 1.51. The van der Waals surface area contributed by atoms with E-state index in [0.29, 0.717) is 5.82 Å². The van der Waals surface area contributed by atoms with Crippen LogP contribution in [0.3, 0.4) is 0 Å². The van der Waals surface area contributed by atoms with Crippen LogP contribution in [0.25, 0.3) is 0 Å². The Morgan fingerprint density at radius 3 is 2.88 bits per heavy atom. The average molecular weight is 347 g/mol. The summed E-state index contributed by atoms with van der Waals surface area (Å²) in [4.78, 5) is 27.0. The number of likely N-dealkylation sites (N-methyl/N-ethyl adjacent to an activating group) is 1. The zero-order valence-electron chi connectivity index (χ0n) is 13.6. The smallest absolute Gasteiger partial charge is 0.320 e. The minimum Gasteiger partial charge on any atom is -0.353 e. The van der Waals surface area contributed by atoms with Crippen LogP contribution >= 0.6 is 11.6 Å². The molecule has 1 aliphatic carbocycles. The summed E-state index contributed by atoms with van der Waals surface area (Å²) in [5.74, 6) is 0.671. The van der Waals surface area contributed by atoms with E-state index in [1.807, 2.05) is 22.9 Å². The summed E-state index contributed by atoms with van der Waals surface area (Å²) in [6.07, 6.45) is 5.80. The molecular formula is C16H19ClN6O. The number of hydrogen-bond acceptors (Lipinski definition) is 5. The molecule has 24 heavy (non-hydrogen) atoms. The lowest BCUT2D eigenvalue weighted by atomic mass is 10.0. The summed E-state index contributed by atoms with van der Waals surface area (Å²) in [7, 11) is 1.92. The van der Waals surface area contributed by atoms with Gasteiger partial charge < -0.3 is 14.7 Å². The van der Waals surface area contributed by atoms with E-state index >= 15 is 0 Å². The van der Waals surface area contributed by atoms with Crippen LogP contribution in [0.4, 0.5) is 10.6 Å². The maximum Gasteiger partial charge on any atom is 0.320 e. The molecule has 0 radical (unpaired) electrons. The normalized spacial score (nSPS) is 25.3. The van der Waals surface area contributed by atoms with E-state index in [0.717, 1.165) is 45.3 Å². The Morgan fingerprint density at radius 1 is 1.46 bits per heavy atom. The van der Waals surface area contributed by atoms with E-state index in [1.165, 1.54) is 0 Å². The molecule has 0 aromatic carbocycles. The third-order valence-electron chi connectivity index (χ3n) is 5.52. The van der Waals surface area contributed by atoms with Gasteiger partial charge in [0, 0.05) is 26.7 Å². The highest BCUT2D eigenvalue weighted by Gasteiger charge is 2.57. The standard InChI is InChI=1S/C16H19ClN6O/c1-21-15(24)23(10-16(21)4-5-16)11-3-2-6-22(9-11)13-8-19-12(7-18)14(17)20-13/h8,11H,2-6,9-10H2,1H3. The number of piperidine rings is 1. The number of halogens is 1. The Kier molecular flexibility index (Phi) is 3.53. The van der Waals surface area contributed by atoms with Crippen LogP contribution in [0.5, 0.6) is 0 Å². The molecule has 3 aliphatic rings. The van der Waals surface area contributed by atoms with Gasteiger partial charge in [0.25, 0.3) is 0 Å². The summed E-state index contributed by atoms with van der Waals surface area (Å²) in [5, 5.41) is 9.05. The third-order valence-corrected chi connectivity index (χ3v) is 5.78. The van der Waals surface area contributed by atoms with Gasteiger partial charge in [-0.05, 0) is 25.7 Å². The minimum absolute atomic E-state index is 0.0942. The van der Waals surface area contributed by atoms with Crippen LogP contribution in [0, 0.1) is 11.3 Å². The molecule has 2 amide bonds. The first-order valence-corrected chi connectivity index (χ1v) is 8.64. The largest absolute Gasteiger partial charge is 0.353 e. The first kappa shape index (κ1) is 15.5. The summed E-state index contributed by atoms with van der Waals surface area (Å²) >= 11 is 6.01. The van der Waals surface area contributed by atoms with Crippen LogP contribution < -0.4 is 4.90 Å². The SMILES string of the molecule is CN1C(=O)N(C2CCCN(c3cnc(C#N)c(Cl)n3)C2)CC12CC2. The predicted octanol–water partition coefficient (Wildman–Crippen LogP) is 1.87. The van der Waals surface area contributed by atoms with Crippen molar-refractivity contribution in [3.05, 3.63) is 17.0 Å². The number of hydrogen-bond donors (Lipinski definition) is 0. The molecule has 126 valence electrons. The van der Waals surface area contributed by atoms with Crippen molar-refractivity contribution >= 4 is 23.4 Å². The fraction of sp³-hybridized carbons (Fsp3) is 0.625. The van der Waals surface area contributed by atoms with Crippen LogP contribution in [0.1, 0.15) is 31.4 Å². The molecular weight excluding hydrogens is 328 g/mol. The molecule has 2 aliphatic heterocycles. The van der Waals surface area contributed by atoms with Crippen LogP contribution in [0.15, 0.2) is 6.20 Å². The van der Waals surface area contributed by atoms with Crippen LogP contribution in [-0.4, -0.2) is 64.1 Å². The van der Waals surface area contributed by atoms with E-state index in [4.69, 9.17) is 16.9 Å². The number of rotatable bonds is 2. The molecule has 0 bridgehead atoms. The first-order valence-electron chi connectivity index (χ1n) is 8.26. The number of anilines is 1. The van der Waals surface area contributed by atoms with Crippen LogP contribution in [0.2, 0.25) is 5.15 Å². The van der Waals surface area contributed by atoms with Gasteiger partial charge in [0.15, 0.2) is 10.8 Å². The van der Waals surface area contributed by atoms with Crippen molar-refractivity contribution in [1.82, 2.24) is 19.8 Å². The highest BCUT2D eigenvalue weighted by molar-refractivity contribution is 6.30. The van der Waals surface area contributed by atoms with Gasteiger partial charge in [0.2, 0.25) is 0 Å². The Bertz CT molecular complexity index is 728. The molecule has 1 atom stereocenters. The molecule has 1 aromatic heterocycles. The minimum atomic E-state index is 0.0942. The lowest BCUT2D eigenvalue weighted by Crippen LogP contribution is -2.49. The van der Waals surface area contributed by atoms with Crippen molar-refractivity contribution in [2.24, 2.45) is 0 Å². The van der Waals surface area contributed by atoms with Gasteiger partial charge in [0.05, 0.1) is 17.8 Å². The maximum atomic E-state index is 12.6. The average Bonchev–Trinajstić information content (AvgIpc) is 3.34. The summed E-state index contributed by atoms with van der Waals surface area (Å²) in [6.45, 7) is 2.42. The van der Waals surface area contributed by atoms with Gasteiger partial charge in [-0.3, -0.25) is 0 Å². The van der Waals surface area contributed by atoms with Gasteiger partial charge in [-0.15, -0.1) is 0 Å². The van der Waals surface area contributed by atoms with Gasteiger partial charge >= 0.3 is 6.03 Å². The Hall–Kier alpha value is -2.07. The van der Waals surface area contributed by atoms with Gasteiger partial charge in [0.1, 0.15) is 11.9 Å². The van der Waals surface area contributed by atoms with Crippen molar-refractivity contribution in [1.29, 1.82) is 5.26 Å². The van der Waals surface area contributed by atoms with Gasteiger partial charge in [-0.1, -0.05) is 11.6 Å². The lowest BCUT2D eigenvalue weighted by Gasteiger charge is -2.37. The Labute approximate surface area is 145 Å². The number of nitriles is 1. The van der Waals surface area contributed by atoms with Crippen molar-refractivity contribution in [2.75, 3.05) is 31.6 Å². The first-order chi connectivity index (χ1) is 11.5. The topological polar surface area (TPSA) is 76.4 Å². The van der Waals surface area contributed by atoms with Crippen molar-refractivity contribution in [3.63, 3.8) is 0 Å². The molecule has 2 saturated heterocycles. The van der Waals surface area contributed by atoms with E-state index in [2.05, 4.69) is 14.9 Å². The highest BCUT2D eigenvalue weighted by atomic mass is 35.5. The lowest BCUT2D eigenvalue weighted by molar-refractivity contribution is 0.174. The molecule has 1 aromatic rings. The number of aromatic nitrogens is 2. The second-order valence-electron chi connectivity index (χ2n) is 6.92. The van der Waals surface area contributed by atoms with E-state index < -0.39 is 0 Å². The molecule has 1 saturated carbocycles. The second-order valence-corrected chi connectivity index (χ2v) is 7.27. The summed E-state index contributed by atoms with van der Waals surface area (Å²) < 4.78 is 0. The molecule has 4 rings (SSSR count). The van der Waals surface area contributed by atoms with Crippen molar-refractivity contribution < 1.29 is 4.79 Å². The van der Waals surface area contributed by atoms with E-state index in [9.17, 15) is 4.79 Å². The van der Waals surface area contributed by atoms with E-state index in [1.54, 1.807) is 6.20 Å². The quantitative estimate of drug-likeness (QED) is 0.817. The number of carbonyl (C=O) groups excluding carboxylic acids is 1. The Morgan fingerprint density at radius 2 is 2.25 bits per heavy atom. The maximum absolute atomic E-state index is 12.6. The van der Waals surface area contributed by atoms with Crippen molar-refractivity contribution in [2.45, 2.75) is 37.3 Å². The number of urea groups is 1. The van der Waals surface area contributed by atoms with Gasteiger partial charge in [-0.2, -0.15) is 5.26 Å². The zero-order valence-corrected chi connectivity index (χ0v) is 14.3.